The Hall–Kier alpha value is -1.57. The van der Waals surface area contributed by atoms with Gasteiger partial charge >= 0.3 is 0 Å². The van der Waals surface area contributed by atoms with E-state index < -0.39 is 0 Å². The Morgan fingerprint density at radius 1 is 0.400 bits per heavy atom. The first-order valence-electron chi connectivity index (χ1n) is 23.0. The first-order valence-corrected chi connectivity index (χ1v) is 23.0. The van der Waals surface area contributed by atoms with Crippen LogP contribution in [0.1, 0.15) is 237 Å². The van der Waals surface area contributed by atoms with Crippen molar-refractivity contribution in [3.8, 4) is 0 Å². The van der Waals surface area contributed by atoms with Crippen LogP contribution < -0.4 is 4.57 Å². The molecule has 0 aliphatic carbocycles. The predicted octanol–water partition coefficient (Wildman–Crippen LogP) is 15.5. The highest BCUT2D eigenvalue weighted by Gasteiger charge is 2.16. The van der Waals surface area contributed by atoms with Crippen LogP contribution in [-0.2, 0) is 25.9 Å². The fourth-order valence-electron chi connectivity index (χ4n) is 7.95. The minimum Gasteiger partial charge on any atom is -0.234 e. The standard InChI is InChI=1S/C48H87N2/c1-3-5-7-9-11-13-15-17-19-20-21-23-25-27-29-31-36-42-48-49(45-46-50(48)44-38-41-47-39-34-33-35-40-47)43-37-32-30-28-26-24-22-18-16-14-12-10-8-6-4-2/h33-35,39-40,45-46H,3-32,36-38,41-44H2,1-2H3/q+1. The molecule has 0 unspecified atom stereocenters. The van der Waals surface area contributed by atoms with Gasteiger partial charge < -0.3 is 0 Å². The van der Waals surface area contributed by atoms with Gasteiger partial charge in [0.15, 0.2) is 0 Å². The second-order valence-electron chi connectivity index (χ2n) is 16.0. The van der Waals surface area contributed by atoms with Gasteiger partial charge in [0.2, 0.25) is 0 Å². The highest BCUT2D eigenvalue weighted by Crippen LogP contribution is 2.17. The molecule has 0 spiro atoms. The zero-order chi connectivity index (χ0) is 35.4. The summed E-state index contributed by atoms with van der Waals surface area (Å²) >= 11 is 0. The minimum atomic E-state index is 1.15. The van der Waals surface area contributed by atoms with E-state index in [-0.39, 0.29) is 0 Å². The van der Waals surface area contributed by atoms with Gasteiger partial charge in [-0.1, -0.05) is 230 Å². The lowest BCUT2D eigenvalue weighted by molar-refractivity contribution is -0.704. The van der Waals surface area contributed by atoms with Crippen LogP contribution in [0.25, 0.3) is 0 Å². The summed E-state index contributed by atoms with van der Waals surface area (Å²) < 4.78 is 5.22. The molecule has 1 heterocycles. The first kappa shape index (κ1) is 44.6. The molecule has 1 aromatic heterocycles. The molecule has 2 aromatic rings. The molecule has 2 rings (SSSR count). The van der Waals surface area contributed by atoms with E-state index in [1.165, 1.54) is 237 Å². The van der Waals surface area contributed by atoms with Crippen molar-refractivity contribution in [1.29, 1.82) is 0 Å². The Balaban J connectivity index is 1.55. The predicted molar refractivity (Wildman–Crippen MR) is 222 cm³/mol. The molecule has 2 heteroatoms. The van der Waals surface area contributed by atoms with Gasteiger partial charge in [0.1, 0.15) is 12.4 Å². The van der Waals surface area contributed by atoms with E-state index in [1.54, 1.807) is 5.82 Å². The van der Waals surface area contributed by atoms with Crippen LogP contribution in [0.5, 0.6) is 0 Å². The van der Waals surface area contributed by atoms with Crippen LogP contribution in [-0.4, -0.2) is 4.57 Å². The normalized spacial score (nSPS) is 11.6. The fraction of sp³-hybridized carbons (Fsp3) is 0.812. The van der Waals surface area contributed by atoms with Crippen molar-refractivity contribution in [2.45, 2.75) is 252 Å². The van der Waals surface area contributed by atoms with Crippen molar-refractivity contribution in [3.05, 3.63) is 54.1 Å². The number of aryl methyl sites for hydroxylation is 3. The number of imidazole rings is 1. The topological polar surface area (TPSA) is 8.81 Å². The van der Waals surface area contributed by atoms with Gasteiger partial charge in [-0.05, 0) is 37.7 Å². The molecule has 0 radical (unpaired) electrons. The van der Waals surface area contributed by atoms with Crippen LogP contribution in [0.2, 0.25) is 0 Å². The van der Waals surface area contributed by atoms with Crippen LogP contribution in [0.15, 0.2) is 42.7 Å². The summed E-state index contributed by atoms with van der Waals surface area (Å²) in [5.74, 6) is 1.59. The van der Waals surface area contributed by atoms with Crippen molar-refractivity contribution < 1.29 is 4.57 Å². The van der Waals surface area contributed by atoms with Crippen molar-refractivity contribution in [3.63, 3.8) is 0 Å². The van der Waals surface area contributed by atoms with E-state index in [0.29, 0.717) is 0 Å². The van der Waals surface area contributed by atoms with Crippen molar-refractivity contribution in [1.82, 2.24) is 4.57 Å². The number of benzene rings is 1. The number of hydrogen-bond acceptors (Lipinski definition) is 0. The summed E-state index contributed by atoms with van der Waals surface area (Å²) in [6, 6.07) is 11.1. The largest absolute Gasteiger partial charge is 0.256 e. The minimum absolute atomic E-state index is 1.15. The van der Waals surface area contributed by atoms with Gasteiger partial charge in [-0.2, -0.15) is 0 Å². The monoisotopic (exact) mass is 692 g/mol. The van der Waals surface area contributed by atoms with Crippen LogP contribution in [0, 0.1) is 0 Å². The second kappa shape index (κ2) is 34.5. The lowest BCUT2D eigenvalue weighted by Crippen LogP contribution is -2.37. The van der Waals surface area contributed by atoms with E-state index in [1.807, 2.05) is 0 Å². The van der Waals surface area contributed by atoms with E-state index >= 15 is 0 Å². The molecule has 288 valence electrons. The Bertz CT molecular complexity index is 946. The van der Waals surface area contributed by atoms with Crippen LogP contribution in [0.3, 0.4) is 0 Å². The van der Waals surface area contributed by atoms with Gasteiger partial charge in [-0.15, -0.1) is 0 Å². The zero-order valence-corrected chi connectivity index (χ0v) is 34.1. The molecule has 0 amide bonds. The summed E-state index contributed by atoms with van der Waals surface area (Å²) in [6.45, 7) is 6.98. The number of aromatic nitrogens is 2. The highest BCUT2D eigenvalue weighted by molar-refractivity contribution is 5.14. The first-order chi connectivity index (χ1) is 24.8. The fourth-order valence-corrected chi connectivity index (χ4v) is 7.95. The van der Waals surface area contributed by atoms with E-state index in [2.05, 4.69) is 65.7 Å². The third-order valence-corrected chi connectivity index (χ3v) is 11.3. The Kier molecular flexibility index (Phi) is 30.8. The lowest BCUT2D eigenvalue weighted by Gasteiger charge is -2.07. The number of hydrogen-bond donors (Lipinski definition) is 0. The molecule has 0 aliphatic heterocycles. The lowest BCUT2D eigenvalue weighted by atomic mass is 10.0. The van der Waals surface area contributed by atoms with Gasteiger partial charge in [-0.3, -0.25) is 0 Å². The van der Waals surface area contributed by atoms with Crippen molar-refractivity contribution in [2.24, 2.45) is 0 Å². The van der Waals surface area contributed by atoms with Crippen LogP contribution >= 0.6 is 0 Å². The Labute approximate surface area is 314 Å². The zero-order valence-electron chi connectivity index (χ0n) is 34.1. The maximum atomic E-state index is 2.62. The number of unbranched alkanes of at least 4 members (excludes halogenated alkanes) is 30. The third kappa shape index (κ3) is 25.4. The summed E-state index contributed by atoms with van der Waals surface area (Å²) in [5.41, 5.74) is 1.47. The Morgan fingerprint density at radius 2 is 0.780 bits per heavy atom. The molecule has 0 aliphatic rings. The van der Waals surface area contributed by atoms with Gasteiger partial charge in [0.05, 0.1) is 13.1 Å². The molecule has 0 saturated carbocycles. The van der Waals surface area contributed by atoms with Gasteiger partial charge in [0, 0.05) is 6.42 Å². The summed E-state index contributed by atoms with van der Waals surface area (Å²) in [6.07, 6.45) is 54.5. The number of rotatable bonds is 38. The maximum absolute atomic E-state index is 2.62. The Morgan fingerprint density at radius 3 is 1.20 bits per heavy atom. The maximum Gasteiger partial charge on any atom is 0.256 e. The highest BCUT2D eigenvalue weighted by atomic mass is 15.1. The van der Waals surface area contributed by atoms with E-state index in [4.69, 9.17) is 0 Å². The number of nitrogens with zero attached hydrogens (tertiary/aromatic N) is 2. The molecule has 0 N–H and O–H groups in total. The van der Waals surface area contributed by atoms with Gasteiger partial charge in [-0.25, -0.2) is 9.13 Å². The third-order valence-electron chi connectivity index (χ3n) is 11.3. The van der Waals surface area contributed by atoms with E-state index in [9.17, 15) is 0 Å². The van der Waals surface area contributed by atoms with Crippen LogP contribution in [0.4, 0.5) is 0 Å². The molecule has 0 atom stereocenters. The molecular weight excluding hydrogens is 605 g/mol. The summed E-state index contributed by atoms with van der Waals surface area (Å²) in [5, 5.41) is 0. The molecule has 1 aromatic carbocycles. The smallest absolute Gasteiger partial charge is 0.234 e. The summed E-state index contributed by atoms with van der Waals surface area (Å²) in [7, 11) is 0. The average Bonchev–Trinajstić information content (AvgIpc) is 3.52. The molecule has 0 fully saturated rings. The molecule has 2 nitrogen and oxygen atoms in total. The molecule has 50 heavy (non-hydrogen) atoms. The summed E-state index contributed by atoms with van der Waals surface area (Å²) in [4.78, 5) is 0. The second-order valence-corrected chi connectivity index (χ2v) is 16.0. The molecule has 0 saturated heterocycles. The van der Waals surface area contributed by atoms with Gasteiger partial charge in [0.25, 0.3) is 5.82 Å². The van der Waals surface area contributed by atoms with Crippen molar-refractivity contribution >= 4 is 0 Å². The SMILES string of the molecule is CCCCCCCCCCCCCCCCCCCc1n(CCCCCCCCCCCCCCCCC)cc[n+]1CCCc1ccccc1. The molecule has 0 bridgehead atoms. The molecular formula is C48H87N2+. The van der Waals surface area contributed by atoms with Crippen molar-refractivity contribution in [2.75, 3.05) is 0 Å². The quantitative estimate of drug-likeness (QED) is 0.0489. The van der Waals surface area contributed by atoms with E-state index in [0.717, 1.165) is 6.54 Å². The average molecular weight is 692 g/mol.